The van der Waals surface area contributed by atoms with Crippen LogP contribution in [0.15, 0.2) is 0 Å². The van der Waals surface area contributed by atoms with Crippen LogP contribution in [-0.4, -0.2) is 16.9 Å². The lowest BCUT2D eigenvalue weighted by Gasteiger charge is -2.46. The van der Waals surface area contributed by atoms with E-state index in [1.54, 1.807) is 0 Å². The molecule has 0 bridgehead atoms. The van der Waals surface area contributed by atoms with Gasteiger partial charge in [-0.1, -0.05) is 65.8 Å². The van der Waals surface area contributed by atoms with Gasteiger partial charge < -0.3 is 0 Å². The number of hydrogen-bond acceptors (Lipinski definition) is 0. The third-order valence-electron chi connectivity index (χ3n) is 4.61. The van der Waals surface area contributed by atoms with Crippen molar-refractivity contribution in [1.82, 2.24) is 0 Å². The van der Waals surface area contributed by atoms with Crippen LogP contribution in [0.2, 0.25) is 35.9 Å². The van der Waals surface area contributed by atoms with Gasteiger partial charge in [0, 0.05) is 8.80 Å². The van der Waals surface area contributed by atoms with E-state index in [4.69, 9.17) is 0 Å². The molecular weight excluding hydrogens is 188 g/mol. The van der Waals surface area contributed by atoms with Crippen LogP contribution in [0.1, 0.15) is 34.6 Å². The largest absolute Gasteiger partial charge is 0.0711 e. The Bertz CT molecular complexity index is 138. The van der Waals surface area contributed by atoms with Gasteiger partial charge in [-0.3, -0.25) is 0 Å². The Morgan fingerprint density at radius 1 is 0.923 bits per heavy atom. The smallest absolute Gasteiger partial charge is 0.0555 e. The molecule has 79 valence electrons. The van der Waals surface area contributed by atoms with E-state index >= 15 is 0 Å². The molecule has 2 heteroatoms. The molecule has 0 saturated heterocycles. The monoisotopic (exact) mass is 215 g/mol. The third-order valence-corrected chi connectivity index (χ3v) is 16.9. The molecule has 0 aliphatic heterocycles. The highest BCUT2D eigenvalue weighted by Gasteiger charge is 2.44. The maximum Gasteiger partial charge on any atom is 0.0555 e. The molecular formula is C11H27Si2. The van der Waals surface area contributed by atoms with Crippen LogP contribution < -0.4 is 0 Å². The fourth-order valence-corrected chi connectivity index (χ4v) is 12.6. The summed E-state index contributed by atoms with van der Waals surface area (Å²) in [6, 6.07) is 4.43. The van der Waals surface area contributed by atoms with Crippen molar-refractivity contribution in [2.75, 3.05) is 0 Å². The summed E-state index contributed by atoms with van der Waals surface area (Å²) in [5.41, 5.74) is 0. The number of rotatable bonds is 5. The molecule has 0 nitrogen and oxygen atoms in total. The first kappa shape index (κ1) is 13.4. The van der Waals surface area contributed by atoms with Gasteiger partial charge in [-0.05, 0) is 4.66 Å². The summed E-state index contributed by atoms with van der Waals surface area (Å²) in [5, 5.41) is 0. The second-order valence-electron chi connectivity index (χ2n) is 4.97. The average Bonchev–Trinajstić information content (AvgIpc) is 2.08. The highest BCUT2D eigenvalue weighted by Crippen LogP contribution is 2.46. The van der Waals surface area contributed by atoms with Crippen LogP contribution in [0.5, 0.6) is 0 Å². The summed E-state index contributed by atoms with van der Waals surface area (Å²) in [7, 11) is -1.10. The maximum atomic E-state index is 2.55. The lowest BCUT2D eigenvalue weighted by molar-refractivity contribution is 0.838. The van der Waals surface area contributed by atoms with Crippen LogP contribution >= 0.6 is 0 Å². The molecule has 0 N–H and O–H groups in total. The molecule has 0 atom stereocenters. The van der Waals surface area contributed by atoms with Crippen molar-refractivity contribution < 1.29 is 0 Å². The Morgan fingerprint density at radius 2 is 1.23 bits per heavy atom. The van der Waals surface area contributed by atoms with Gasteiger partial charge >= 0.3 is 0 Å². The van der Waals surface area contributed by atoms with Gasteiger partial charge in [0.05, 0.1) is 8.07 Å². The first-order chi connectivity index (χ1) is 5.88. The molecule has 0 aromatic carbocycles. The molecule has 0 aromatic heterocycles. The predicted molar refractivity (Wildman–Crippen MR) is 68.7 cm³/mol. The van der Waals surface area contributed by atoms with Crippen molar-refractivity contribution in [3.8, 4) is 0 Å². The molecule has 0 aromatic rings. The quantitative estimate of drug-likeness (QED) is 0.590. The summed E-state index contributed by atoms with van der Waals surface area (Å²) in [5.74, 6) is 0. The van der Waals surface area contributed by atoms with E-state index in [1.807, 2.05) is 0 Å². The molecule has 13 heavy (non-hydrogen) atoms. The van der Waals surface area contributed by atoms with Crippen molar-refractivity contribution in [1.29, 1.82) is 0 Å². The summed E-state index contributed by atoms with van der Waals surface area (Å²) >= 11 is 0. The minimum absolute atomic E-state index is 0.142. The summed E-state index contributed by atoms with van der Waals surface area (Å²) in [6.45, 7) is 17.3. The zero-order valence-corrected chi connectivity index (χ0v) is 12.6. The molecule has 0 heterocycles. The summed E-state index contributed by atoms with van der Waals surface area (Å²) < 4.78 is 0.704. The molecule has 0 aliphatic carbocycles. The standard InChI is InChI=1S/C11H27Si2/c1-8-13(9-2,10-3)11(4,5)12(6)7/h8-10H2,1-7H3. The average molecular weight is 216 g/mol. The normalized spacial score (nSPS) is 13.8. The zero-order valence-electron chi connectivity index (χ0n) is 10.6. The fourth-order valence-electron chi connectivity index (χ4n) is 2.61. The van der Waals surface area contributed by atoms with Crippen LogP contribution in [0.25, 0.3) is 0 Å². The molecule has 0 fully saturated rings. The van der Waals surface area contributed by atoms with Crippen LogP contribution in [0.3, 0.4) is 0 Å². The zero-order chi connectivity index (χ0) is 10.7. The highest BCUT2D eigenvalue weighted by atomic mass is 28.4. The Hall–Kier alpha value is 0.434. The Morgan fingerprint density at radius 3 is 1.31 bits per heavy atom. The van der Waals surface area contributed by atoms with Crippen molar-refractivity contribution in [2.45, 2.75) is 70.5 Å². The SMILES string of the molecule is CC[Si](CC)(CC)C(C)(C)[Si](C)C. The van der Waals surface area contributed by atoms with Crippen LogP contribution in [-0.2, 0) is 0 Å². The highest BCUT2D eigenvalue weighted by molar-refractivity contribution is 6.93. The second-order valence-corrected chi connectivity index (χ2v) is 14.6. The van der Waals surface area contributed by atoms with Crippen molar-refractivity contribution >= 4 is 16.9 Å². The van der Waals surface area contributed by atoms with Gasteiger partial charge in [0.2, 0.25) is 0 Å². The van der Waals surface area contributed by atoms with Gasteiger partial charge in [-0.2, -0.15) is 0 Å². The topological polar surface area (TPSA) is 0 Å². The summed E-state index contributed by atoms with van der Waals surface area (Å²) in [4.78, 5) is 0. The van der Waals surface area contributed by atoms with Crippen molar-refractivity contribution in [3.63, 3.8) is 0 Å². The molecule has 0 amide bonds. The van der Waals surface area contributed by atoms with E-state index < -0.39 is 8.07 Å². The first-order valence-electron chi connectivity index (χ1n) is 5.68. The van der Waals surface area contributed by atoms with E-state index in [9.17, 15) is 0 Å². The van der Waals surface area contributed by atoms with Crippen molar-refractivity contribution in [2.24, 2.45) is 0 Å². The van der Waals surface area contributed by atoms with E-state index in [0.717, 1.165) is 0 Å². The molecule has 0 unspecified atom stereocenters. The van der Waals surface area contributed by atoms with E-state index in [-0.39, 0.29) is 8.80 Å². The van der Waals surface area contributed by atoms with E-state index in [0.29, 0.717) is 4.66 Å². The van der Waals surface area contributed by atoms with Crippen LogP contribution in [0.4, 0.5) is 0 Å². The van der Waals surface area contributed by atoms with E-state index in [1.165, 1.54) is 18.1 Å². The molecule has 1 radical (unpaired) electrons. The minimum atomic E-state index is -0.963. The Kier molecular flexibility index (Phi) is 4.94. The number of hydrogen-bond donors (Lipinski definition) is 0. The molecule has 0 saturated carbocycles. The predicted octanol–water partition coefficient (Wildman–Crippen LogP) is 4.57. The second kappa shape index (κ2) is 4.78. The lowest BCUT2D eigenvalue weighted by atomic mass is 10.5. The van der Waals surface area contributed by atoms with Gasteiger partial charge in [-0.15, -0.1) is 0 Å². The third kappa shape index (κ3) is 2.27. The van der Waals surface area contributed by atoms with Gasteiger partial charge in [-0.25, -0.2) is 0 Å². The van der Waals surface area contributed by atoms with Crippen LogP contribution in [0, 0.1) is 0 Å². The van der Waals surface area contributed by atoms with Crippen molar-refractivity contribution in [3.05, 3.63) is 0 Å². The Labute approximate surface area is 87.7 Å². The summed E-state index contributed by atoms with van der Waals surface area (Å²) in [6.07, 6.45) is 0. The first-order valence-corrected chi connectivity index (χ1v) is 10.8. The molecule has 0 aliphatic rings. The van der Waals surface area contributed by atoms with Gasteiger partial charge in [0.1, 0.15) is 0 Å². The molecule has 0 spiro atoms. The fraction of sp³-hybridized carbons (Fsp3) is 1.00. The molecule has 0 rings (SSSR count). The van der Waals surface area contributed by atoms with E-state index in [2.05, 4.69) is 47.7 Å². The van der Waals surface area contributed by atoms with Gasteiger partial charge in [0.15, 0.2) is 0 Å². The Balaban J connectivity index is 4.91. The maximum absolute atomic E-state index is 2.55. The minimum Gasteiger partial charge on any atom is -0.0711 e. The van der Waals surface area contributed by atoms with Gasteiger partial charge in [0.25, 0.3) is 0 Å². The lowest BCUT2D eigenvalue weighted by Crippen LogP contribution is -2.49.